The molecule has 3 nitrogen and oxygen atoms in total. The van der Waals surface area contributed by atoms with Gasteiger partial charge in [-0.2, -0.15) is 0 Å². The van der Waals surface area contributed by atoms with E-state index in [-0.39, 0.29) is 11.9 Å². The van der Waals surface area contributed by atoms with Crippen LogP contribution in [0.25, 0.3) is 0 Å². The number of rotatable bonds is 3. The van der Waals surface area contributed by atoms with Crippen molar-refractivity contribution in [3.05, 3.63) is 60.1 Å². The van der Waals surface area contributed by atoms with E-state index >= 15 is 0 Å². The van der Waals surface area contributed by atoms with Crippen LogP contribution in [0.3, 0.4) is 0 Å². The maximum atomic E-state index is 11.7. The molecule has 1 aromatic carbocycles. The molecular formula is C13H13NO2. The maximum absolute atomic E-state index is 11.7. The summed E-state index contributed by atoms with van der Waals surface area (Å²) < 4.78 is 4.86. The first kappa shape index (κ1) is 10.5. The fourth-order valence-electron chi connectivity index (χ4n) is 1.50. The van der Waals surface area contributed by atoms with Gasteiger partial charge in [0.2, 0.25) is 0 Å². The van der Waals surface area contributed by atoms with Crippen LogP contribution in [0.2, 0.25) is 0 Å². The molecule has 1 amide bonds. The molecule has 0 aliphatic rings. The average molecular weight is 215 g/mol. The summed E-state index contributed by atoms with van der Waals surface area (Å²) in [6.45, 7) is 1.95. The second kappa shape index (κ2) is 4.66. The summed E-state index contributed by atoms with van der Waals surface area (Å²) in [6, 6.07) is 11.5. The van der Waals surface area contributed by atoms with Crippen molar-refractivity contribution in [2.45, 2.75) is 13.0 Å². The normalized spacial score (nSPS) is 12.1. The third kappa shape index (κ3) is 2.31. The largest absolute Gasteiger partial charge is 0.472 e. The van der Waals surface area contributed by atoms with Crippen LogP contribution in [-0.4, -0.2) is 5.91 Å². The van der Waals surface area contributed by atoms with Crippen molar-refractivity contribution in [2.75, 3.05) is 0 Å². The number of carbonyl (C=O) groups is 1. The predicted molar refractivity (Wildman–Crippen MR) is 61.0 cm³/mol. The molecule has 0 saturated heterocycles. The van der Waals surface area contributed by atoms with Crippen LogP contribution < -0.4 is 5.32 Å². The van der Waals surface area contributed by atoms with E-state index in [0.29, 0.717) is 5.56 Å². The van der Waals surface area contributed by atoms with E-state index in [4.69, 9.17) is 4.42 Å². The topological polar surface area (TPSA) is 42.2 Å². The Kier molecular flexibility index (Phi) is 3.05. The Balaban J connectivity index is 2.03. The number of benzene rings is 1. The van der Waals surface area contributed by atoms with Gasteiger partial charge in [0.1, 0.15) is 6.26 Å². The van der Waals surface area contributed by atoms with Gasteiger partial charge < -0.3 is 9.73 Å². The number of carbonyl (C=O) groups excluding carboxylic acids is 1. The van der Waals surface area contributed by atoms with Gasteiger partial charge in [-0.15, -0.1) is 0 Å². The average Bonchev–Trinajstić information content (AvgIpc) is 2.83. The third-order valence-corrected chi connectivity index (χ3v) is 2.43. The molecule has 1 aromatic heterocycles. The van der Waals surface area contributed by atoms with Crippen molar-refractivity contribution >= 4 is 5.91 Å². The first-order chi connectivity index (χ1) is 7.77. The minimum absolute atomic E-state index is 0.0106. The molecular weight excluding hydrogens is 202 g/mol. The van der Waals surface area contributed by atoms with Gasteiger partial charge in [0, 0.05) is 0 Å². The van der Waals surface area contributed by atoms with Crippen molar-refractivity contribution in [1.82, 2.24) is 5.32 Å². The first-order valence-electron chi connectivity index (χ1n) is 5.15. The molecule has 0 radical (unpaired) electrons. The lowest BCUT2D eigenvalue weighted by Crippen LogP contribution is -2.26. The minimum atomic E-state index is -0.120. The fourth-order valence-corrected chi connectivity index (χ4v) is 1.50. The predicted octanol–water partition coefficient (Wildman–Crippen LogP) is 2.77. The monoisotopic (exact) mass is 215 g/mol. The highest BCUT2D eigenvalue weighted by Crippen LogP contribution is 2.12. The highest BCUT2D eigenvalue weighted by molar-refractivity contribution is 5.93. The molecule has 0 aliphatic heterocycles. The van der Waals surface area contributed by atoms with Crippen LogP contribution in [0.1, 0.15) is 28.9 Å². The smallest absolute Gasteiger partial charge is 0.255 e. The maximum Gasteiger partial charge on any atom is 0.255 e. The van der Waals surface area contributed by atoms with Crippen LogP contribution in [0.15, 0.2) is 53.3 Å². The number of hydrogen-bond donors (Lipinski definition) is 1. The lowest BCUT2D eigenvalue weighted by molar-refractivity contribution is 0.0939. The van der Waals surface area contributed by atoms with Crippen LogP contribution >= 0.6 is 0 Å². The summed E-state index contributed by atoms with van der Waals surface area (Å²) in [4.78, 5) is 11.7. The number of amides is 1. The van der Waals surface area contributed by atoms with E-state index in [1.165, 1.54) is 12.5 Å². The zero-order chi connectivity index (χ0) is 11.4. The van der Waals surface area contributed by atoms with Gasteiger partial charge in [0.05, 0.1) is 17.9 Å². The molecule has 0 saturated carbocycles. The second-order valence-corrected chi connectivity index (χ2v) is 3.62. The molecule has 0 spiro atoms. The third-order valence-electron chi connectivity index (χ3n) is 2.43. The van der Waals surface area contributed by atoms with Crippen LogP contribution in [0, 0.1) is 0 Å². The van der Waals surface area contributed by atoms with Gasteiger partial charge in [-0.1, -0.05) is 30.3 Å². The molecule has 1 atom stereocenters. The summed E-state index contributed by atoms with van der Waals surface area (Å²) >= 11 is 0. The Morgan fingerprint density at radius 3 is 2.62 bits per heavy atom. The highest BCUT2D eigenvalue weighted by Gasteiger charge is 2.11. The van der Waals surface area contributed by atoms with Crippen molar-refractivity contribution in [3.8, 4) is 0 Å². The summed E-state index contributed by atoms with van der Waals surface area (Å²) in [5, 5.41) is 2.90. The van der Waals surface area contributed by atoms with Gasteiger partial charge in [-0.05, 0) is 18.6 Å². The number of hydrogen-bond acceptors (Lipinski definition) is 2. The van der Waals surface area contributed by atoms with Crippen LogP contribution in [0.5, 0.6) is 0 Å². The van der Waals surface area contributed by atoms with E-state index < -0.39 is 0 Å². The second-order valence-electron chi connectivity index (χ2n) is 3.62. The molecule has 0 aliphatic carbocycles. The Labute approximate surface area is 94.1 Å². The van der Waals surface area contributed by atoms with E-state index in [1.807, 2.05) is 37.3 Å². The molecule has 3 heteroatoms. The molecule has 1 unspecified atom stereocenters. The van der Waals surface area contributed by atoms with Gasteiger partial charge in [-0.25, -0.2) is 0 Å². The Morgan fingerprint density at radius 1 is 1.25 bits per heavy atom. The van der Waals surface area contributed by atoms with E-state index in [9.17, 15) is 4.79 Å². The fraction of sp³-hybridized carbons (Fsp3) is 0.154. The summed E-state index contributed by atoms with van der Waals surface area (Å²) in [5.74, 6) is -0.120. The zero-order valence-electron chi connectivity index (χ0n) is 9.01. The van der Waals surface area contributed by atoms with Crippen molar-refractivity contribution in [3.63, 3.8) is 0 Å². The van der Waals surface area contributed by atoms with Gasteiger partial charge in [0.25, 0.3) is 5.91 Å². The first-order valence-corrected chi connectivity index (χ1v) is 5.15. The number of nitrogens with one attached hydrogen (secondary N) is 1. The quantitative estimate of drug-likeness (QED) is 0.855. The molecule has 0 bridgehead atoms. The number of furan rings is 1. The Morgan fingerprint density at radius 2 is 2.00 bits per heavy atom. The molecule has 16 heavy (non-hydrogen) atoms. The van der Waals surface area contributed by atoms with E-state index in [0.717, 1.165) is 5.56 Å². The minimum Gasteiger partial charge on any atom is -0.472 e. The zero-order valence-corrected chi connectivity index (χ0v) is 9.01. The summed E-state index contributed by atoms with van der Waals surface area (Å²) in [6.07, 6.45) is 2.93. The van der Waals surface area contributed by atoms with Gasteiger partial charge in [0.15, 0.2) is 0 Å². The Bertz CT molecular complexity index is 448. The molecule has 1 heterocycles. The molecule has 82 valence electrons. The van der Waals surface area contributed by atoms with E-state index in [2.05, 4.69) is 5.32 Å². The SMILES string of the molecule is CC(NC(=O)c1ccoc1)c1ccccc1. The molecule has 2 rings (SSSR count). The van der Waals surface area contributed by atoms with Crippen molar-refractivity contribution < 1.29 is 9.21 Å². The van der Waals surface area contributed by atoms with Crippen molar-refractivity contribution in [1.29, 1.82) is 0 Å². The van der Waals surface area contributed by atoms with Crippen LogP contribution in [-0.2, 0) is 0 Å². The molecule has 0 fully saturated rings. The lowest BCUT2D eigenvalue weighted by atomic mass is 10.1. The van der Waals surface area contributed by atoms with Crippen LogP contribution in [0.4, 0.5) is 0 Å². The Hall–Kier alpha value is -2.03. The lowest BCUT2D eigenvalue weighted by Gasteiger charge is -2.13. The molecule has 1 N–H and O–H groups in total. The summed E-state index contributed by atoms with van der Waals surface area (Å²) in [5.41, 5.74) is 1.63. The van der Waals surface area contributed by atoms with Gasteiger partial charge >= 0.3 is 0 Å². The highest BCUT2D eigenvalue weighted by atomic mass is 16.3. The standard InChI is InChI=1S/C13H13NO2/c1-10(11-5-3-2-4-6-11)14-13(15)12-7-8-16-9-12/h2-10H,1H3,(H,14,15). The summed E-state index contributed by atoms with van der Waals surface area (Å²) in [7, 11) is 0. The van der Waals surface area contributed by atoms with Crippen molar-refractivity contribution in [2.24, 2.45) is 0 Å². The van der Waals surface area contributed by atoms with Gasteiger partial charge in [-0.3, -0.25) is 4.79 Å². The van der Waals surface area contributed by atoms with E-state index in [1.54, 1.807) is 6.07 Å². The molecule has 2 aromatic rings.